The predicted octanol–water partition coefficient (Wildman–Crippen LogP) is 1.89. The number of likely N-dealkylation sites (N-methyl/N-ethyl adjacent to an activating group) is 2. The van der Waals surface area contributed by atoms with Crippen molar-refractivity contribution in [1.29, 1.82) is 0 Å². The number of nitrogens with zero attached hydrogens (tertiary/aromatic N) is 2. The van der Waals surface area contributed by atoms with Crippen molar-refractivity contribution in [3.05, 3.63) is 0 Å². The molecular formula is C17H32ClN3O2. The largest absolute Gasteiger partial charge is 0.342 e. The number of amides is 2. The van der Waals surface area contributed by atoms with Gasteiger partial charge in [0.1, 0.15) is 0 Å². The van der Waals surface area contributed by atoms with Crippen LogP contribution in [-0.2, 0) is 9.59 Å². The van der Waals surface area contributed by atoms with Gasteiger partial charge in [-0.3, -0.25) is 9.59 Å². The van der Waals surface area contributed by atoms with Crippen LogP contribution in [0.5, 0.6) is 0 Å². The highest BCUT2D eigenvalue weighted by Gasteiger charge is 2.41. The second-order valence-corrected chi connectivity index (χ2v) is 6.96. The molecule has 2 aliphatic carbocycles. The van der Waals surface area contributed by atoms with Crippen LogP contribution in [0.25, 0.3) is 0 Å². The molecule has 2 amide bonds. The molecule has 2 unspecified atom stereocenters. The third-order valence-electron chi connectivity index (χ3n) is 5.63. The van der Waals surface area contributed by atoms with Crippen LogP contribution in [0, 0.1) is 17.8 Å². The maximum Gasteiger partial charge on any atom is 0.242 e. The van der Waals surface area contributed by atoms with Crippen molar-refractivity contribution in [3.8, 4) is 0 Å². The number of fused-ring (bicyclic) bond motifs is 2. The third kappa shape index (κ3) is 4.60. The molecule has 0 aromatic rings. The number of hydrogen-bond donors (Lipinski definition) is 1. The van der Waals surface area contributed by atoms with Gasteiger partial charge in [-0.25, -0.2) is 0 Å². The van der Waals surface area contributed by atoms with Gasteiger partial charge in [0.05, 0.1) is 6.54 Å². The van der Waals surface area contributed by atoms with Crippen molar-refractivity contribution in [2.45, 2.75) is 52.0 Å². The van der Waals surface area contributed by atoms with Crippen LogP contribution in [-0.4, -0.2) is 54.3 Å². The van der Waals surface area contributed by atoms with Gasteiger partial charge in [-0.15, -0.1) is 12.4 Å². The molecule has 2 fully saturated rings. The van der Waals surface area contributed by atoms with E-state index in [2.05, 4.69) is 0 Å². The van der Waals surface area contributed by atoms with Gasteiger partial charge in [-0.05, 0) is 51.4 Å². The van der Waals surface area contributed by atoms with Crippen LogP contribution in [0.15, 0.2) is 0 Å². The molecule has 2 saturated carbocycles. The van der Waals surface area contributed by atoms with E-state index in [0.717, 1.165) is 25.7 Å². The van der Waals surface area contributed by atoms with E-state index in [1.54, 1.807) is 16.8 Å². The van der Waals surface area contributed by atoms with Crippen LogP contribution < -0.4 is 5.73 Å². The number of hydrogen-bond acceptors (Lipinski definition) is 3. The molecule has 0 aromatic heterocycles. The van der Waals surface area contributed by atoms with E-state index in [0.29, 0.717) is 24.9 Å². The zero-order valence-electron chi connectivity index (χ0n) is 14.7. The summed E-state index contributed by atoms with van der Waals surface area (Å²) in [6.45, 7) is 5.51. The first-order valence-corrected chi connectivity index (χ1v) is 8.76. The monoisotopic (exact) mass is 345 g/mol. The summed E-state index contributed by atoms with van der Waals surface area (Å²) in [4.78, 5) is 28.2. The van der Waals surface area contributed by atoms with Crippen molar-refractivity contribution >= 4 is 24.2 Å². The number of rotatable bonds is 5. The third-order valence-corrected chi connectivity index (χ3v) is 5.63. The van der Waals surface area contributed by atoms with Crippen LogP contribution in [0.4, 0.5) is 0 Å². The van der Waals surface area contributed by atoms with Crippen LogP contribution >= 0.6 is 12.4 Å². The molecule has 134 valence electrons. The molecule has 0 aliphatic heterocycles. The second-order valence-electron chi connectivity index (χ2n) is 6.96. The highest BCUT2D eigenvalue weighted by molar-refractivity contribution is 5.86. The quantitative estimate of drug-likeness (QED) is 0.827. The molecule has 23 heavy (non-hydrogen) atoms. The fourth-order valence-corrected chi connectivity index (χ4v) is 4.26. The second kappa shape index (κ2) is 8.88. The number of halogens is 1. The first-order chi connectivity index (χ1) is 10.5. The Labute approximate surface area is 146 Å². The minimum atomic E-state index is 0. The first kappa shape index (κ1) is 20.2. The Hall–Kier alpha value is -0.810. The molecule has 0 heterocycles. The maximum absolute atomic E-state index is 12.7. The van der Waals surface area contributed by atoms with E-state index in [-0.39, 0.29) is 42.7 Å². The van der Waals surface area contributed by atoms with E-state index in [4.69, 9.17) is 5.73 Å². The SMILES string of the molecule is CCN(CC)C(=O)CN(C)C(=O)C1CC2CCCC(C1)C2N.Cl. The number of carbonyl (C=O) groups excluding carboxylic acids is 2. The van der Waals surface area contributed by atoms with Crippen LogP contribution in [0.1, 0.15) is 46.0 Å². The minimum Gasteiger partial charge on any atom is -0.342 e. The van der Waals surface area contributed by atoms with Crippen molar-refractivity contribution in [2.24, 2.45) is 23.5 Å². The van der Waals surface area contributed by atoms with Gasteiger partial charge in [0.25, 0.3) is 0 Å². The molecule has 6 heteroatoms. The Morgan fingerprint density at radius 2 is 1.61 bits per heavy atom. The Morgan fingerprint density at radius 1 is 1.09 bits per heavy atom. The Balaban J connectivity index is 0.00000264. The lowest BCUT2D eigenvalue weighted by molar-refractivity contribution is -0.143. The molecule has 2 atom stereocenters. The molecule has 0 spiro atoms. The van der Waals surface area contributed by atoms with Gasteiger partial charge in [0, 0.05) is 32.1 Å². The Kier molecular flexibility index (Phi) is 7.81. The van der Waals surface area contributed by atoms with Gasteiger partial charge in [0.2, 0.25) is 11.8 Å². The fourth-order valence-electron chi connectivity index (χ4n) is 4.26. The summed E-state index contributed by atoms with van der Waals surface area (Å²) < 4.78 is 0. The molecule has 2 N–H and O–H groups in total. The van der Waals surface area contributed by atoms with E-state index in [1.165, 1.54) is 6.42 Å². The summed E-state index contributed by atoms with van der Waals surface area (Å²) in [5, 5.41) is 0. The Morgan fingerprint density at radius 3 is 2.09 bits per heavy atom. The average Bonchev–Trinajstić information content (AvgIpc) is 2.47. The highest BCUT2D eigenvalue weighted by atomic mass is 35.5. The normalized spacial score (nSPS) is 29.4. The summed E-state index contributed by atoms with van der Waals surface area (Å²) in [7, 11) is 1.76. The summed E-state index contributed by atoms with van der Waals surface area (Å²) in [5.41, 5.74) is 6.29. The summed E-state index contributed by atoms with van der Waals surface area (Å²) in [6.07, 6.45) is 5.37. The van der Waals surface area contributed by atoms with Crippen LogP contribution in [0.3, 0.4) is 0 Å². The molecule has 2 bridgehead atoms. The van der Waals surface area contributed by atoms with Crippen molar-refractivity contribution in [1.82, 2.24) is 9.80 Å². The first-order valence-electron chi connectivity index (χ1n) is 8.76. The van der Waals surface area contributed by atoms with Crippen LogP contribution in [0.2, 0.25) is 0 Å². The molecule has 5 nitrogen and oxygen atoms in total. The molecular weight excluding hydrogens is 314 g/mol. The van der Waals surface area contributed by atoms with Gasteiger partial charge in [-0.2, -0.15) is 0 Å². The average molecular weight is 346 g/mol. The van der Waals surface area contributed by atoms with Crippen molar-refractivity contribution in [2.75, 3.05) is 26.7 Å². The summed E-state index contributed by atoms with van der Waals surface area (Å²) in [5.74, 6) is 1.21. The smallest absolute Gasteiger partial charge is 0.242 e. The number of nitrogens with two attached hydrogens (primary N) is 1. The van der Waals surface area contributed by atoms with Gasteiger partial charge < -0.3 is 15.5 Å². The van der Waals surface area contributed by atoms with Gasteiger partial charge in [0.15, 0.2) is 0 Å². The zero-order chi connectivity index (χ0) is 16.3. The van der Waals surface area contributed by atoms with E-state index in [9.17, 15) is 9.59 Å². The zero-order valence-corrected chi connectivity index (χ0v) is 15.5. The topological polar surface area (TPSA) is 66.6 Å². The highest BCUT2D eigenvalue weighted by Crippen LogP contribution is 2.42. The van der Waals surface area contributed by atoms with Gasteiger partial charge >= 0.3 is 0 Å². The maximum atomic E-state index is 12.7. The van der Waals surface area contributed by atoms with E-state index >= 15 is 0 Å². The number of carbonyl (C=O) groups is 2. The molecule has 0 radical (unpaired) electrons. The van der Waals surface area contributed by atoms with Gasteiger partial charge in [-0.1, -0.05) is 6.42 Å². The lowest BCUT2D eigenvalue weighted by Gasteiger charge is -2.44. The fraction of sp³-hybridized carbons (Fsp3) is 0.882. The predicted molar refractivity (Wildman–Crippen MR) is 94.3 cm³/mol. The Bertz CT molecular complexity index is 401. The molecule has 0 saturated heterocycles. The minimum absolute atomic E-state index is 0. The van der Waals surface area contributed by atoms with E-state index in [1.807, 2.05) is 13.8 Å². The van der Waals surface area contributed by atoms with Crippen molar-refractivity contribution < 1.29 is 9.59 Å². The summed E-state index contributed by atoms with van der Waals surface area (Å²) >= 11 is 0. The van der Waals surface area contributed by atoms with Crippen molar-refractivity contribution in [3.63, 3.8) is 0 Å². The molecule has 2 rings (SSSR count). The molecule has 2 aliphatic rings. The summed E-state index contributed by atoms with van der Waals surface area (Å²) in [6, 6.07) is 0.278. The lowest BCUT2D eigenvalue weighted by Crippen LogP contribution is -2.50. The lowest BCUT2D eigenvalue weighted by atomic mass is 9.65. The molecule has 0 aromatic carbocycles. The van der Waals surface area contributed by atoms with E-state index < -0.39 is 0 Å². The standard InChI is InChI=1S/C17H31N3O2.ClH/c1-4-20(5-2)15(21)11-19(3)17(22)14-9-12-7-6-8-13(10-14)16(12)18;/h12-14,16H,4-11,18H2,1-3H3;1H.